The van der Waals surface area contributed by atoms with Crippen LogP contribution in [0.4, 0.5) is 5.69 Å². The highest BCUT2D eigenvalue weighted by molar-refractivity contribution is 6.04. The number of hydrogen-bond donors (Lipinski definition) is 4. The summed E-state index contributed by atoms with van der Waals surface area (Å²) in [5.41, 5.74) is 1.98. The number of fused-ring (bicyclic) bond motifs is 1. The molecule has 0 spiro atoms. The summed E-state index contributed by atoms with van der Waals surface area (Å²) in [5, 5.41) is 45.1. The van der Waals surface area contributed by atoms with Crippen LogP contribution in [0.5, 0.6) is 0 Å². The first kappa shape index (κ1) is 26.4. The number of anilines is 1. The number of nitriles is 1. The lowest BCUT2D eigenvalue weighted by Crippen LogP contribution is -2.63. The average molecular weight is 506 g/mol. The van der Waals surface area contributed by atoms with Crippen LogP contribution in [0, 0.1) is 11.3 Å². The molecule has 1 amide bonds. The van der Waals surface area contributed by atoms with E-state index in [0.29, 0.717) is 17.9 Å². The van der Waals surface area contributed by atoms with Crippen LogP contribution in [0.2, 0.25) is 0 Å². The van der Waals surface area contributed by atoms with Gasteiger partial charge in [-0.05, 0) is 54.4 Å². The molecular formula is C28H31N3O6. The predicted octanol–water partition coefficient (Wildman–Crippen LogP) is 2.80. The molecular weight excluding hydrogens is 474 g/mol. The van der Waals surface area contributed by atoms with E-state index in [1.165, 1.54) is 0 Å². The summed E-state index contributed by atoms with van der Waals surface area (Å²) < 4.78 is 11.3. The fourth-order valence-electron chi connectivity index (χ4n) is 4.45. The van der Waals surface area contributed by atoms with Crippen LogP contribution in [0.15, 0.2) is 58.5 Å². The number of furan rings is 1. The van der Waals surface area contributed by atoms with Crippen molar-refractivity contribution < 1.29 is 29.3 Å². The van der Waals surface area contributed by atoms with Crippen molar-refractivity contribution in [3.8, 4) is 17.4 Å². The molecule has 3 aromatic rings. The third-order valence-corrected chi connectivity index (χ3v) is 6.73. The lowest BCUT2D eigenvalue weighted by Gasteiger charge is -2.40. The molecule has 4 rings (SSSR count). The van der Waals surface area contributed by atoms with Crippen LogP contribution in [-0.2, 0) is 9.53 Å². The van der Waals surface area contributed by atoms with Crippen molar-refractivity contribution in [1.82, 2.24) is 5.32 Å². The van der Waals surface area contributed by atoms with E-state index in [1.54, 1.807) is 26.0 Å². The summed E-state index contributed by atoms with van der Waals surface area (Å²) in [6.45, 7) is 3.32. The van der Waals surface area contributed by atoms with E-state index in [0.717, 1.165) is 22.0 Å². The second kappa shape index (κ2) is 10.7. The molecule has 2 heterocycles. The largest absolute Gasteiger partial charge is 0.456 e. The lowest BCUT2D eigenvalue weighted by atomic mass is 9.95. The third-order valence-electron chi connectivity index (χ3n) is 6.73. The number of amides is 1. The van der Waals surface area contributed by atoms with Gasteiger partial charge >= 0.3 is 0 Å². The molecule has 0 aliphatic carbocycles. The minimum atomic E-state index is -1.54. The quantitative estimate of drug-likeness (QED) is 0.296. The highest BCUT2D eigenvalue weighted by Gasteiger charge is 2.44. The molecule has 1 aliphatic rings. The van der Waals surface area contributed by atoms with Gasteiger partial charge in [0.15, 0.2) is 6.29 Å². The maximum absolute atomic E-state index is 12.9. The van der Waals surface area contributed by atoms with E-state index in [1.807, 2.05) is 55.4 Å². The van der Waals surface area contributed by atoms with Crippen molar-refractivity contribution in [2.75, 3.05) is 19.0 Å². The molecule has 1 unspecified atom stereocenters. The Kier molecular flexibility index (Phi) is 7.66. The summed E-state index contributed by atoms with van der Waals surface area (Å²) in [4.78, 5) is 14.9. The van der Waals surface area contributed by atoms with Crippen LogP contribution in [0.25, 0.3) is 27.7 Å². The number of nitrogens with zero attached hydrogens (tertiary/aromatic N) is 2. The molecule has 4 N–H and O–H groups in total. The van der Waals surface area contributed by atoms with Crippen molar-refractivity contribution in [1.29, 1.82) is 5.26 Å². The van der Waals surface area contributed by atoms with Crippen molar-refractivity contribution in [3.63, 3.8) is 0 Å². The molecule has 1 aromatic heterocycles. The van der Waals surface area contributed by atoms with Gasteiger partial charge in [0.25, 0.3) is 5.91 Å². The second-order valence-electron chi connectivity index (χ2n) is 9.37. The standard InChI is InChI=1S/C28H31N3O6/c1-5-21-25(32)26(33)24(28(35)37-21)30-27(34)20(14-29)15(2)22-10-11-23(36-22)18-7-6-17-13-19(31(3)4)9-8-16(17)12-18/h6-13,21,24-26,28,32-33,35H,5H2,1-4H3,(H,30,34)/b20-15+/t21-,24-,25-,26-,28?/m1/s1. The Bertz CT molecular complexity index is 1370. The normalized spacial score (nSPS) is 24.3. The van der Waals surface area contributed by atoms with Crippen LogP contribution in [0.3, 0.4) is 0 Å². The Morgan fingerprint density at radius 3 is 2.43 bits per heavy atom. The van der Waals surface area contributed by atoms with E-state index in [2.05, 4.69) is 11.4 Å². The molecule has 9 nitrogen and oxygen atoms in total. The molecule has 1 fully saturated rings. The molecule has 9 heteroatoms. The molecule has 194 valence electrons. The fraction of sp³-hybridized carbons (Fsp3) is 0.357. The zero-order valence-electron chi connectivity index (χ0n) is 21.2. The molecule has 0 saturated carbocycles. The minimum absolute atomic E-state index is 0.248. The number of rotatable bonds is 6. The summed E-state index contributed by atoms with van der Waals surface area (Å²) in [6.07, 6.45) is -4.69. The molecule has 0 bridgehead atoms. The van der Waals surface area contributed by atoms with Crippen LogP contribution in [-0.4, -0.2) is 66.0 Å². The lowest BCUT2D eigenvalue weighted by molar-refractivity contribution is -0.247. The minimum Gasteiger partial charge on any atom is -0.456 e. The van der Waals surface area contributed by atoms with Crippen molar-refractivity contribution in [2.45, 2.75) is 50.9 Å². The number of aliphatic hydroxyl groups is 3. The Labute approximate surface area is 215 Å². The third kappa shape index (κ3) is 5.24. The predicted molar refractivity (Wildman–Crippen MR) is 139 cm³/mol. The Hall–Kier alpha value is -3.68. The number of carbonyl (C=O) groups is 1. The highest BCUT2D eigenvalue weighted by atomic mass is 16.6. The maximum Gasteiger partial charge on any atom is 0.262 e. The summed E-state index contributed by atoms with van der Waals surface area (Å²) >= 11 is 0. The van der Waals surface area contributed by atoms with E-state index < -0.39 is 36.6 Å². The second-order valence-corrected chi connectivity index (χ2v) is 9.37. The van der Waals surface area contributed by atoms with E-state index in [9.17, 15) is 25.4 Å². The average Bonchev–Trinajstić information content (AvgIpc) is 3.39. The zero-order valence-corrected chi connectivity index (χ0v) is 21.2. The Morgan fingerprint density at radius 1 is 1.05 bits per heavy atom. The van der Waals surface area contributed by atoms with Crippen LogP contribution < -0.4 is 10.2 Å². The van der Waals surface area contributed by atoms with Crippen LogP contribution in [0.1, 0.15) is 26.0 Å². The van der Waals surface area contributed by atoms with Gasteiger partial charge in [0.2, 0.25) is 0 Å². The fourth-order valence-corrected chi connectivity index (χ4v) is 4.45. The number of nitrogens with one attached hydrogen (secondary N) is 1. The molecule has 1 saturated heterocycles. The summed E-state index contributed by atoms with van der Waals surface area (Å²) in [6, 6.07) is 16.2. The topological polar surface area (TPSA) is 139 Å². The van der Waals surface area contributed by atoms with E-state index in [-0.39, 0.29) is 11.1 Å². The SMILES string of the molecule is CC[C@H]1OC(O)[C@H](NC(=O)/C(C#N)=C(\C)c2ccc(-c3ccc4cc(N(C)C)ccc4c3)o2)[C@@H](O)[C@@H]1O. The van der Waals surface area contributed by atoms with Crippen LogP contribution >= 0.6 is 0 Å². The van der Waals surface area contributed by atoms with Gasteiger partial charge in [-0.25, -0.2) is 0 Å². The van der Waals surface area contributed by atoms with Crippen molar-refractivity contribution >= 4 is 27.9 Å². The first-order chi connectivity index (χ1) is 17.6. The van der Waals surface area contributed by atoms with Gasteiger partial charge in [-0.1, -0.05) is 25.1 Å². The summed E-state index contributed by atoms with van der Waals surface area (Å²) in [5.74, 6) is 0.0805. The van der Waals surface area contributed by atoms with Crippen molar-refractivity contribution in [3.05, 3.63) is 59.9 Å². The first-order valence-corrected chi connectivity index (χ1v) is 12.1. The number of hydrogen-bond acceptors (Lipinski definition) is 8. The van der Waals surface area contributed by atoms with E-state index in [4.69, 9.17) is 9.15 Å². The molecule has 37 heavy (non-hydrogen) atoms. The van der Waals surface area contributed by atoms with Gasteiger partial charge in [-0.2, -0.15) is 5.26 Å². The van der Waals surface area contributed by atoms with Gasteiger partial charge in [0.05, 0.1) is 6.10 Å². The Morgan fingerprint density at radius 2 is 1.76 bits per heavy atom. The van der Waals surface area contributed by atoms with Gasteiger partial charge in [-0.15, -0.1) is 0 Å². The van der Waals surface area contributed by atoms with E-state index >= 15 is 0 Å². The molecule has 1 aliphatic heterocycles. The highest BCUT2D eigenvalue weighted by Crippen LogP contribution is 2.31. The number of benzene rings is 2. The van der Waals surface area contributed by atoms with Gasteiger partial charge < -0.3 is 34.7 Å². The number of ether oxygens (including phenoxy) is 1. The smallest absolute Gasteiger partial charge is 0.262 e. The molecule has 2 aromatic carbocycles. The number of aliphatic hydroxyl groups excluding tert-OH is 3. The number of allylic oxidation sites excluding steroid dienone is 1. The molecule has 5 atom stereocenters. The summed E-state index contributed by atoms with van der Waals surface area (Å²) in [7, 11) is 3.98. The Balaban J connectivity index is 1.56. The van der Waals surface area contributed by atoms with Gasteiger partial charge in [0.1, 0.15) is 41.4 Å². The monoisotopic (exact) mass is 505 g/mol. The van der Waals surface area contributed by atoms with Gasteiger partial charge in [0, 0.05) is 30.9 Å². The van der Waals surface area contributed by atoms with Gasteiger partial charge in [-0.3, -0.25) is 4.79 Å². The number of carbonyl (C=O) groups excluding carboxylic acids is 1. The maximum atomic E-state index is 12.9. The first-order valence-electron chi connectivity index (χ1n) is 12.1. The van der Waals surface area contributed by atoms with Crippen molar-refractivity contribution in [2.24, 2.45) is 0 Å². The zero-order chi connectivity index (χ0) is 26.9. The molecule has 0 radical (unpaired) electrons.